The summed E-state index contributed by atoms with van der Waals surface area (Å²) in [4.78, 5) is 16.2. The minimum absolute atomic E-state index is 0.0424. The van der Waals surface area contributed by atoms with E-state index in [1.54, 1.807) is 6.20 Å². The Hall–Kier alpha value is -3.61. The second-order valence-corrected chi connectivity index (χ2v) is 5.81. The number of hydrogen-bond donors (Lipinski definition) is 3. The Morgan fingerprint density at radius 1 is 1.12 bits per heavy atom. The number of fused-ring (bicyclic) bond motifs is 4. The van der Waals surface area contributed by atoms with E-state index in [9.17, 15) is 4.79 Å². The maximum Gasteiger partial charge on any atom is 0.262 e. The van der Waals surface area contributed by atoms with Gasteiger partial charge in [-0.05, 0) is 24.3 Å². The maximum absolute atomic E-state index is 11.5. The molecule has 0 fully saturated rings. The zero-order chi connectivity index (χ0) is 16.8. The van der Waals surface area contributed by atoms with Gasteiger partial charge >= 0.3 is 0 Å². The third kappa shape index (κ3) is 2.25. The number of hydrogen-bond acceptors (Lipinski definition) is 5. The highest BCUT2D eigenvalue weighted by atomic mass is 16.5. The molecule has 2 aromatic carbocycles. The first-order chi connectivity index (χ1) is 12.3. The van der Waals surface area contributed by atoms with Crippen molar-refractivity contribution in [2.24, 2.45) is 0 Å². The van der Waals surface area contributed by atoms with Crippen molar-refractivity contribution in [2.45, 2.75) is 0 Å². The van der Waals surface area contributed by atoms with E-state index in [1.165, 1.54) is 0 Å². The first-order valence-electron chi connectivity index (χ1n) is 7.83. The molecule has 7 heteroatoms. The van der Waals surface area contributed by atoms with Crippen LogP contribution in [0.4, 0.5) is 17.2 Å². The quantitative estimate of drug-likeness (QED) is 0.525. The van der Waals surface area contributed by atoms with Gasteiger partial charge in [0.1, 0.15) is 11.3 Å². The molecule has 4 aromatic rings. The van der Waals surface area contributed by atoms with Gasteiger partial charge in [-0.2, -0.15) is 5.10 Å². The normalized spacial score (nSPS) is 13.4. The summed E-state index contributed by atoms with van der Waals surface area (Å²) < 4.78 is 5.38. The number of H-pyrrole nitrogens is 1. The van der Waals surface area contributed by atoms with Gasteiger partial charge in [0.15, 0.2) is 12.4 Å². The molecule has 0 unspecified atom stereocenters. The molecule has 1 aliphatic rings. The van der Waals surface area contributed by atoms with Crippen LogP contribution >= 0.6 is 0 Å². The molecule has 0 bridgehead atoms. The Morgan fingerprint density at radius 2 is 2.04 bits per heavy atom. The van der Waals surface area contributed by atoms with Crippen LogP contribution in [0, 0.1) is 0 Å². The van der Waals surface area contributed by atoms with Crippen LogP contribution in [-0.4, -0.2) is 27.7 Å². The molecular weight excluding hydrogens is 318 g/mol. The van der Waals surface area contributed by atoms with Gasteiger partial charge in [-0.15, -0.1) is 0 Å². The molecule has 2 aromatic heterocycles. The smallest absolute Gasteiger partial charge is 0.262 e. The van der Waals surface area contributed by atoms with Gasteiger partial charge in [-0.1, -0.05) is 18.2 Å². The van der Waals surface area contributed by atoms with Crippen molar-refractivity contribution in [2.75, 3.05) is 17.2 Å². The maximum atomic E-state index is 11.5. The number of nitrogens with one attached hydrogen (secondary N) is 3. The highest BCUT2D eigenvalue weighted by molar-refractivity contribution is 6.08. The number of nitrogens with zero attached hydrogens (tertiary/aromatic N) is 2. The van der Waals surface area contributed by atoms with E-state index in [1.807, 2.05) is 42.5 Å². The summed E-state index contributed by atoms with van der Waals surface area (Å²) >= 11 is 0. The van der Waals surface area contributed by atoms with Crippen LogP contribution in [0.25, 0.3) is 21.8 Å². The van der Waals surface area contributed by atoms with Crippen molar-refractivity contribution in [1.29, 1.82) is 0 Å². The summed E-state index contributed by atoms with van der Waals surface area (Å²) in [6.45, 7) is 0.0424. The summed E-state index contributed by atoms with van der Waals surface area (Å²) in [5, 5.41) is 15.3. The summed E-state index contributed by atoms with van der Waals surface area (Å²) in [6, 6.07) is 13.5. The van der Waals surface area contributed by atoms with Gasteiger partial charge in [-0.25, -0.2) is 4.98 Å². The number of aromatic nitrogens is 3. The Bertz CT molecular complexity index is 1130. The second kappa shape index (κ2) is 5.20. The lowest BCUT2D eigenvalue weighted by Gasteiger charge is -2.19. The van der Waals surface area contributed by atoms with Crippen LogP contribution in [0.15, 0.2) is 48.7 Å². The molecule has 5 rings (SSSR count). The number of ether oxygens (including phenoxy) is 1. The predicted octanol–water partition coefficient (Wildman–Crippen LogP) is 3.19. The van der Waals surface area contributed by atoms with Crippen molar-refractivity contribution in [3.05, 3.63) is 48.7 Å². The standard InChI is InChI=1S/C18H13N5O2/c24-16-9-25-15-6-5-10(7-14(15)21-16)20-18-17-12(8-19-23-17)11-3-1-2-4-13(11)22-18/h1-8H,9H2,(H,19,23)(H,20,22)(H,21,24). The zero-order valence-electron chi connectivity index (χ0n) is 13.0. The molecule has 0 saturated heterocycles. The van der Waals surface area contributed by atoms with Crippen LogP contribution in [0.2, 0.25) is 0 Å². The van der Waals surface area contributed by atoms with Crippen molar-refractivity contribution in [3.63, 3.8) is 0 Å². The fourth-order valence-corrected chi connectivity index (χ4v) is 3.03. The number of anilines is 3. The van der Waals surface area contributed by atoms with Crippen molar-refractivity contribution >= 4 is 44.9 Å². The average molecular weight is 331 g/mol. The topological polar surface area (TPSA) is 91.9 Å². The number of para-hydroxylation sites is 1. The van der Waals surface area contributed by atoms with Crippen LogP contribution in [0.3, 0.4) is 0 Å². The van der Waals surface area contributed by atoms with Crippen molar-refractivity contribution in [3.8, 4) is 5.75 Å². The Kier molecular flexibility index (Phi) is 2.87. The number of amides is 1. The molecule has 0 saturated carbocycles. The monoisotopic (exact) mass is 331 g/mol. The van der Waals surface area contributed by atoms with E-state index in [-0.39, 0.29) is 12.5 Å². The molecule has 122 valence electrons. The molecule has 0 spiro atoms. The number of rotatable bonds is 2. The molecule has 3 N–H and O–H groups in total. The third-order valence-electron chi connectivity index (χ3n) is 4.18. The molecule has 1 aliphatic heterocycles. The molecular formula is C18H13N5O2. The van der Waals surface area contributed by atoms with Gasteiger partial charge in [0, 0.05) is 16.5 Å². The highest BCUT2D eigenvalue weighted by Gasteiger charge is 2.17. The number of benzene rings is 2. The van der Waals surface area contributed by atoms with Crippen LogP contribution < -0.4 is 15.4 Å². The van der Waals surface area contributed by atoms with E-state index in [0.717, 1.165) is 27.5 Å². The molecule has 1 amide bonds. The minimum Gasteiger partial charge on any atom is -0.482 e. The van der Waals surface area contributed by atoms with Gasteiger partial charge in [0.2, 0.25) is 0 Å². The fourth-order valence-electron chi connectivity index (χ4n) is 3.03. The average Bonchev–Trinajstić information content (AvgIpc) is 3.12. The van der Waals surface area contributed by atoms with E-state index < -0.39 is 0 Å². The molecule has 7 nitrogen and oxygen atoms in total. The van der Waals surface area contributed by atoms with Gasteiger partial charge in [0.25, 0.3) is 5.91 Å². The number of carbonyl (C=O) groups is 1. The Labute approximate surface area is 142 Å². The van der Waals surface area contributed by atoms with Crippen molar-refractivity contribution in [1.82, 2.24) is 15.2 Å². The molecule has 0 radical (unpaired) electrons. The first-order valence-corrected chi connectivity index (χ1v) is 7.83. The first kappa shape index (κ1) is 13.8. The van der Waals surface area contributed by atoms with Crippen LogP contribution in [-0.2, 0) is 4.79 Å². The molecule has 3 heterocycles. The zero-order valence-corrected chi connectivity index (χ0v) is 13.0. The van der Waals surface area contributed by atoms with Crippen LogP contribution in [0.1, 0.15) is 0 Å². The van der Waals surface area contributed by atoms with Gasteiger partial charge in [0.05, 0.1) is 17.4 Å². The molecule has 0 aliphatic carbocycles. The summed E-state index contributed by atoms with van der Waals surface area (Å²) in [6.07, 6.45) is 1.80. The lowest BCUT2D eigenvalue weighted by atomic mass is 10.1. The van der Waals surface area contributed by atoms with Crippen LogP contribution in [0.5, 0.6) is 5.75 Å². The predicted molar refractivity (Wildman–Crippen MR) is 95.2 cm³/mol. The number of aromatic amines is 1. The summed E-state index contributed by atoms with van der Waals surface area (Å²) in [5.74, 6) is 1.17. The second-order valence-electron chi connectivity index (χ2n) is 5.81. The number of carbonyl (C=O) groups excluding carboxylic acids is 1. The summed E-state index contributed by atoms with van der Waals surface area (Å²) in [5.41, 5.74) is 3.15. The van der Waals surface area contributed by atoms with E-state index in [4.69, 9.17) is 9.72 Å². The highest BCUT2D eigenvalue weighted by Crippen LogP contribution is 2.33. The van der Waals surface area contributed by atoms with Crippen molar-refractivity contribution < 1.29 is 9.53 Å². The lowest BCUT2D eigenvalue weighted by Crippen LogP contribution is -2.25. The summed E-state index contributed by atoms with van der Waals surface area (Å²) in [7, 11) is 0. The minimum atomic E-state index is -0.163. The van der Waals surface area contributed by atoms with E-state index in [0.29, 0.717) is 17.3 Å². The Morgan fingerprint density at radius 3 is 3.00 bits per heavy atom. The van der Waals surface area contributed by atoms with Gasteiger partial charge < -0.3 is 15.4 Å². The van der Waals surface area contributed by atoms with E-state index in [2.05, 4.69) is 20.8 Å². The lowest BCUT2D eigenvalue weighted by molar-refractivity contribution is -0.118. The Balaban J connectivity index is 1.61. The number of pyridine rings is 1. The fraction of sp³-hybridized carbons (Fsp3) is 0.0556. The van der Waals surface area contributed by atoms with E-state index >= 15 is 0 Å². The third-order valence-corrected chi connectivity index (χ3v) is 4.18. The largest absolute Gasteiger partial charge is 0.482 e. The molecule has 0 atom stereocenters. The van der Waals surface area contributed by atoms with Gasteiger partial charge in [-0.3, -0.25) is 9.89 Å². The SMILES string of the molecule is O=C1COc2ccc(Nc3nc4ccccc4c4cn[nH]c34)cc2N1. The molecule has 25 heavy (non-hydrogen) atoms.